The van der Waals surface area contributed by atoms with Crippen LogP contribution in [0, 0.1) is 5.82 Å². The normalized spacial score (nSPS) is 16.6. The van der Waals surface area contributed by atoms with Gasteiger partial charge in [0.25, 0.3) is 0 Å². The van der Waals surface area contributed by atoms with Gasteiger partial charge < -0.3 is 5.32 Å². The number of fused-ring (bicyclic) bond motifs is 1. The average molecular weight is 402 g/mol. The summed E-state index contributed by atoms with van der Waals surface area (Å²) in [5.41, 5.74) is 3.83. The number of benzene rings is 2. The topological polar surface area (TPSA) is 29.1 Å². The molecular weight excluding hydrogens is 389 g/mol. The van der Waals surface area contributed by atoms with Gasteiger partial charge in [0.1, 0.15) is 5.82 Å². The van der Waals surface area contributed by atoms with Crippen molar-refractivity contribution in [1.29, 1.82) is 0 Å². The second-order valence-electron chi connectivity index (χ2n) is 5.76. The molecule has 1 unspecified atom stereocenters. The van der Waals surface area contributed by atoms with Crippen LogP contribution in [-0.2, 0) is 4.79 Å². The van der Waals surface area contributed by atoms with Gasteiger partial charge in [-0.1, -0.05) is 40.2 Å². The fourth-order valence-corrected chi connectivity index (χ4v) is 4.64. The summed E-state index contributed by atoms with van der Waals surface area (Å²) in [6.45, 7) is 0. The van der Waals surface area contributed by atoms with E-state index in [1.807, 2.05) is 17.5 Å². The first-order valence-corrected chi connectivity index (χ1v) is 9.22. The first-order valence-electron chi connectivity index (χ1n) is 7.54. The van der Waals surface area contributed by atoms with Gasteiger partial charge in [-0.25, -0.2) is 4.39 Å². The molecule has 1 aliphatic rings. The number of amides is 1. The highest BCUT2D eigenvalue weighted by atomic mass is 79.9. The molecule has 0 aliphatic carbocycles. The molecule has 1 atom stereocenters. The van der Waals surface area contributed by atoms with Gasteiger partial charge >= 0.3 is 0 Å². The summed E-state index contributed by atoms with van der Waals surface area (Å²) in [7, 11) is 0. The summed E-state index contributed by atoms with van der Waals surface area (Å²) >= 11 is 5.14. The molecular formula is C19H13BrFNOS. The van der Waals surface area contributed by atoms with Crippen LogP contribution in [0.15, 0.2) is 58.4 Å². The summed E-state index contributed by atoms with van der Waals surface area (Å²) in [4.78, 5) is 13.4. The molecule has 1 aromatic heterocycles. The summed E-state index contributed by atoms with van der Waals surface area (Å²) in [6.07, 6.45) is 0.437. The minimum atomic E-state index is -0.265. The molecule has 1 amide bonds. The Morgan fingerprint density at radius 2 is 1.96 bits per heavy atom. The maximum atomic E-state index is 13.2. The molecule has 0 bridgehead atoms. The maximum absolute atomic E-state index is 13.2. The number of anilines is 1. The van der Waals surface area contributed by atoms with Crippen molar-refractivity contribution in [1.82, 2.24) is 0 Å². The molecule has 24 heavy (non-hydrogen) atoms. The monoisotopic (exact) mass is 401 g/mol. The fourth-order valence-electron chi connectivity index (χ4n) is 3.06. The lowest BCUT2D eigenvalue weighted by Crippen LogP contribution is -2.22. The highest BCUT2D eigenvalue weighted by Crippen LogP contribution is 2.46. The van der Waals surface area contributed by atoms with Crippen LogP contribution in [0.4, 0.5) is 10.1 Å². The van der Waals surface area contributed by atoms with E-state index in [9.17, 15) is 9.18 Å². The first-order chi connectivity index (χ1) is 11.6. The number of thiophene rings is 1. The predicted octanol–water partition coefficient (Wildman–Crippen LogP) is 5.79. The molecule has 3 aromatic rings. The standard InChI is InChI=1S/C19H13BrFNOS/c20-13-3-1-2-12(8-13)15-9-17(23)22-18-16(10-24-19(15)18)11-4-6-14(21)7-5-11/h1-8,10,15H,9H2,(H,22,23). The van der Waals surface area contributed by atoms with Crippen molar-refractivity contribution in [2.75, 3.05) is 5.32 Å². The minimum Gasteiger partial charge on any atom is -0.325 e. The number of nitrogens with one attached hydrogen (secondary N) is 1. The zero-order chi connectivity index (χ0) is 16.7. The Morgan fingerprint density at radius 1 is 1.17 bits per heavy atom. The van der Waals surface area contributed by atoms with E-state index in [-0.39, 0.29) is 17.6 Å². The molecule has 0 saturated heterocycles. The van der Waals surface area contributed by atoms with Gasteiger partial charge in [-0.05, 0) is 35.4 Å². The first kappa shape index (κ1) is 15.5. The van der Waals surface area contributed by atoms with Crippen molar-refractivity contribution in [3.8, 4) is 11.1 Å². The molecule has 5 heteroatoms. The van der Waals surface area contributed by atoms with E-state index in [1.54, 1.807) is 23.5 Å². The maximum Gasteiger partial charge on any atom is 0.225 e. The third-order valence-electron chi connectivity index (χ3n) is 4.20. The molecule has 0 radical (unpaired) electrons. The fraction of sp³-hybridized carbons (Fsp3) is 0.105. The molecule has 120 valence electrons. The second-order valence-corrected chi connectivity index (χ2v) is 7.58. The van der Waals surface area contributed by atoms with Crippen LogP contribution in [0.25, 0.3) is 11.1 Å². The van der Waals surface area contributed by atoms with E-state index >= 15 is 0 Å². The smallest absolute Gasteiger partial charge is 0.225 e. The Balaban J connectivity index is 1.81. The van der Waals surface area contributed by atoms with Crippen molar-refractivity contribution < 1.29 is 9.18 Å². The van der Waals surface area contributed by atoms with Crippen molar-refractivity contribution >= 4 is 38.9 Å². The number of carbonyl (C=O) groups excluding carboxylic acids is 1. The highest BCUT2D eigenvalue weighted by Gasteiger charge is 2.30. The SMILES string of the molecule is O=C1CC(c2cccc(Br)c2)c2scc(-c3ccc(F)cc3)c2N1. The lowest BCUT2D eigenvalue weighted by Gasteiger charge is -2.24. The van der Waals surface area contributed by atoms with E-state index in [1.165, 1.54) is 12.1 Å². The minimum absolute atomic E-state index is 0.00855. The molecule has 1 aliphatic heterocycles. The van der Waals surface area contributed by atoms with Gasteiger partial charge in [-0.15, -0.1) is 11.3 Å². The van der Waals surface area contributed by atoms with Gasteiger partial charge in [0, 0.05) is 32.6 Å². The van der Waals surface area contributed by atoms with Crippen LogP contribution in [0.3, 0.4) is 0 Å². The predicted molar refractivity (Wildman–Crippen MR) is 98.9 cm³/mol. The van der Waals surface area contributed by atoms with Gasteiger partial charge in [-0.2, -0.15) is 0 Å². The summed E-state index contributed by atoms with van der Waals surface area (Å²) < 4.78 is 14.2. The van der Waals surface area contributed by atoms with E-state index in [0.717, 1.165) is 31.7 Å². The number of hydrogen-bond acceptors (Lipinski definition) is 2. The van der Waals surface area contributed by atoms with Crippen molar-refractivity contribution in [3.63, 3.8) is 0 Å². The van der Waals surface area contributed by atoms with E-state index in [2.05, 4.69) is 33.4 Å². The van der Waals surface area contributed by atoms with Gasteiger partial charge in [-0.3, -0.25) is 4.79 Å². The van der Waals surface area contributed by atoms with Gasteiger partial charge in [0.15, 0.2) is 0 Å². The van der Waals surface area contributed by atoms with Crippen LogP contribution in [0.1, 0.15) is 22.8 Å². The zero-order valence-electron chi connectivity index (χ0n) is 12.6. The Hall–Kier alpha value is -1.98. The summed E-state index contributed by atoms with van der Waals surface area (Å²) in [5, 5.41) is 5.04. The molecule has 2 nitrogen and oxygen atoms in total. The number of carbonyl (C=O) groups is 1. The third-order valence-corrected chi connectivity index (χ3v) is 5.79. The van der Waals surface area contributed by atoms with Crippen molar-refractivity contribution in [2.45, 2.75) is 12.3 Å². The van der Waals surface area contributed by atoms with E-state index in [0.29, 0.717) is 6.42 Å². The Labute approximate surface area is 151 Å². The lowest BCUT2D eigenvalue weighted by molar-refractivity contribution is -0.116. The molecule has 0 saturated carbocycles. The van der Waals surface area contributed by atoms with Crippen molar-refractivity contribution in [2.24, 2.45) is 0 Å². The number of rotatable bonds is 2. The second kappa shape index (κ2) is 6.15. The van der Waals surface area contributed by atoms with Crippen LogP contribution in [0.5, 0.6) is 0 Å². The average Bonchev–Trinajstić information content (AvgIpc) is 2.98. The zero-order valence-corrected chi connectivity index (χ0v) is 15.0. The van der Waals surface area contributed by atoms with E-state index < -0.39 is 0 Å². The van der Waals surface area contributed by atoms with Crippen molar-refractivity contribution in [3.05, 3.63) is 74.6 Å². The Kier molecular flexibility index (Phi) is 3.98. The van der Waals surface area contributed by atoms with Crippen LogP contribution < -0.4 is 5.32 Å². The largest absolute Gasteiger partial charge is 0.325 e. The molecule has 0 fully saturated rings. The lowest BCUT2D eigenvalue weighted by atomic mass is 9.89. The highest BCUT2D eigenvalue weighted by molar-refractivity contribution is 9.10. The summed E-state index contributed by atoms with van der Waals surface area (Å²) in [5.74, 6) is -0.210. The van der Waals surface area contributed by atoms with Gasteiger partial charge in [0.2, 0.25) is 5.91 Å². The molecule has 1 N–H and O–H groups in total. The molecule has 2 heterocycles. The summed E-state index contributed by atoms with van der Waals surface area (Å²) in [6, 6.07) is 14.4. The van der Waals surface area contributed by atoms with E-state index in [4.69, 9.17) is 0 Å². The quantitative estimate of drug-likeness (QED) is 0.578. The Bertz CT molecular complexity index is 919. The van der Waals surface area contributed by atoms with Gasteiger partial charge in [0.05, 0.1) is 5.69 Å². The van der Waals surface area contributed by atoms with Crippen LogP contribution in [0.2, 0.25) is 0 Å². The molecule has 2 aromatic carbocycles. The Morgan fingerprint density at radius 3 is 2.71 bits per heavy atom. The number of hydrogen-bond donors (Lipinski definition) is 1. The number of halogens is 2. The molecule has 4 rings (SSSR count). The third kappa shape index (κ3) is 2.78. The molecule has 0 spiro atoms. The van der Waals surface area contributed by atoms with Crippen LogP contribution >= 0.6 is 27.3 Å². The van der Waals surface area contributed by atoms with Crippen LogP contribution in [-0.4, -0.2) is 5.91 Å².